The van der Waals surface area contributed by atoms with E-state index in [0.29, 0.717) is 36.7 Å². The lowest BCUT2D eigenvalue weighted by Gasteiger charge is -2.49. The first-order chi connectivity index (χ1) is 16.8. The molecule has 11 nitrogen and oxygen atoms in total. The summed E-state index contributed by atoms with van der Waals surface area (Å²) in [4.78, 5) is 11.6. The normalized spacial score (nSPS) is 27.1. The largest absolute Gasteiger partial charge is 0.472 e. The summed E-state index contributed by atoms with van der Waals surface area (Å²) >= 11 is 0. The summed E-state index contributed by atoms with van der Waals surface area (Å²) in [5.41, 5.74) is 0.943. The van der Waals surface area contributed by atoms with Crippen molar-refractivity contribution >= 4 is 27.6 Å². The van der Waals surface area contributed by atoms with Gasteiger partial charge in [-0.25, -0.2) is 8.42 Å². The van der Waals surface area contributed by atoms with Gasteiger partial charge in [-0.1, -0.05) is 6.42 Å². The predicted molar refractivity (Wildman–Crippen MR) is 133 cm³/mol. The zero-order valence-corrected chi connectivity index (χ0v) is 21.4. The number of H-pyrrole nitrogens is 1. The van der Waals surface area contributed by atoms with Crippen LogP contribution in [0.4, 0.5) is 17.6 Å². The Hall–Kier alpha value is -2.44. The van der Waals surface area contributed by atoms with Crippen LogP contribution >= 0.6 is 0 Å². The maximum Gasteiger partial charge on any atom is 0.230 e. The molecule has 0 saturated carbocycles. The molecule has 2 aromatic rings. The number of nitrogens with zero attached hydrogens (tertiary/aromatic N) is 5. The van der Waals surface area contributed by atoms with E-state index in [1.807, 2.05) is 20.0 Å². The number of hydrogen-bond acceptors (Lipinski definition) is 9. The highest BCUT2D eigenvalue weighted by Crippen LogP contribution is 2.38. The van der Waals surface area contributed by atoms with Crippen LogP contribution in [0, 0.1) is 6.92 Å². The SMILES string of the molecule is CCS(=O)(=O)N1[C@@H]2CCC[C@H]1C[C@@H](N(C)c1nc(Nc3cc(C)[nH]n3)cc(O[C@@H]3CCOC3)n1)C2. The lowest BCUT2D eigenvalue weighted by atomic mass is 9.83. The van der Waals surface area contributed by atoms with E-state index in [1.54, 1.807) is 17.3 Å². The summed E-state index contributed by atoms with van der Waals surface area (Å²) in [7, 11) is -1.23. The molecule has 2 N–H and O–H groups in total. The highest BCUT2D eigenvalue weighted by Gasteiger charge is 2.45. The van der Waals surface area contributed by atoms with Crippen LogP contribution in [-0.4, -0.2) is 83.1 Å². The minimum absolute atomic E-state index is 0.0274. The smallest absolute Gasteiger partial charge is 0.230 e. The minimum atomic E-state index is -3.22. The molecule has 0 unspecified atom stereocenters. The van der Waals surface area contributed by atoms with Gasteiger partial charge < -0.3 is 19.7 Å². The summed E-state index contributed by atoms with van der Waals surface area (Å²) in [5.74, 6) is 2.44. The number of aromatic amines is 1. The maximum atomic E-state index is 12.8. The summed E-state index contributed by atoms with van der Waals surface area (Å²) in [6.45, 7) is 4.90. The highest BCUT2D eigenvalue weighted by molar-refractivity contribution is 7.89. The van der Waals surface area contributed by atoms with Gasteiger partial charge in [0.25, 0.3) is 0 Å². The van der Waals surface area contributed by atoms with Crippen molar-refractivity contribution in [3.63, 3.8) is 0 Å². The van der Waals surface area contributed by atoms with Crippen molar-refractivity contribution in [3.8, 4) is 5.88 Å². The number of piperidine rings is 2. The standard InChI is InChI=1S/C23H35N7O4S/c1-4-35(31,32)30-16-6-5-7-17(30)12-18(11-16)29(3)23-25-20(24-21-10-15(2)27-28-21)13-22(26-23)34-19-8-9-33-14-19/h10,13,16-19H,4-9,11-12,14H2,1-3H3,(H2,24,25,26,27,28)/t16-,17+,18+,19-/m1/s1. The molecule has 192 valence electrons. The van der Waals surface area contributed by atoms with E-state index in [1.165, 1.54) is 0 Å². The van der Waals surface area contributed by atoms with Gasteiger partial charge in [-0.2, -0.15) is 19.4 Å². The Kier molecular flexibility index (Phi) is 6.86. The number of hydrogen-bond donors (Lipinski definition) is 2. The van der Waals surface area contributed by atoms with E-state index in [2.05, 4.69) is 20.4 Å². The Bertz CT molecular complexity index is 1120. The summed E-state index contributed by atoms with van der Waals surface area (Å²) in [5, 5.41) is 10.4. The number of rotatable bonds is 8. The van der Waals surface area contributed by atoms with Gasteiger partial charge in [0.2, 0.25) is 21.9 Å². The molecule has 5 rings (SSSR count). The van der Waals surface area contributed by atoms with Crippen molar-refractivity contribution in [2.24, 2.45) is 0 Å². The molecule has 35 heavy (non-hydrogen) atoms. The van der Waals surface area contributed by atoms with Gasteiger partial charge in [0.05, 0.1) is 19.0 Å². The minimum Gasteiger partial charge on any atom is -0.472 e. The van der Waals surface area contributed by atoms with Crippen molar-refractivity contribution < 1.29 is 17.9 Å². The predicted octanol–water partition coefficient (Wildman–Crippen LogP) is 2.59. The molecule has 3 fully saturated rings. The molecular weight excluding hydrogens is 470 g/mol. The first kappa shape index (κ1) is 24.3. The molecule has 0 spiro atoms. The van der Waals surface area contributed by atoms with Crippen LogP contribution < -0.4 is 15.0 Å². The maximum absolute atomic E-state index is 12.8. The van der Waals surface area contributed by atoms with E-state index in [-0.39, 0.29) is 30.0 Å². The van der Waals surface area contributed by atoms with Crippen LogP contribution in [0.1, 0.15) is 51.1 Å². The van der Waals surface area contributed by atoms with Gasteiger partial charge >= 0.3 is 0 Å². The third-order valence-electron chi connectivity index (χ3n) is 7.26. The molecular formula is C23H35N7O4S. The Morgan fingerprint density at radius 1 is 1.20 bits per heavy atom. The van der Waals surface area contributed by atoms with Crippen LogP contribution in [-0.2, 0) is 14.8 Å². The molecule has 0 aliphatic carbocycles. The van der Waals surface area contributed by atoms with Crippen LogP contribution in [0.3, 0.4) is 0 Å². The molecule has 0 radical (unpaired) electrons. The molecule has 5 heterocycles. The van der Waals surface area contributed by atoms with Crippen molar-refractivity contribution in [1.82, 2.24) is 24.5 Å². The van der Waals surface area contributed by atoms with Gasteiger partial charge in [0.1, 0.15) is 11.9 Å². The van der Waals surface area contributed by atoms with Crippen molar-refractivity contribution in [2.75, 3.05) is 36.2 Å². The summed E-state index contributed by atoms with van der Waals surface area (Å²) < 4.78 is 39.0. The highest BCUT2D eigenvalue weighted by atomic mass is 32.2. The number of ether oxygens (including phenoxy) is 2. The third kappa shape index (κ3) is 5.24. The Balaban J connectivity index is 1.40. The quantitative estimate of drug-likeness (QED) is 0.557. The molecule has 4 atom stereocenters. The van der Waals surface area contributed by atoms with Crippen LogP contribution in [0.25, 0.3) is 0 Å². The third-order valence-corrected chi connectivity index (χ3v) is 9.23. The number of anilines is 3. The van der Waals surface area contributed by atoms with Crippen LogP contribution in [0.5, 0.6) is 5.88 Å². The fraction of sp³-hybridized carbons (Fsp3) is 0.696. The molecule has 0 amide bonds. The molecule has 0 aromatic carbocycles. The zero-order valence-electron chi connectivity index (χ0n) is 20.6. The van der Waals surface area contributed by atoms with Crippen LogP contribution in [0.2, 0.25) is 0 Å². The van der Waals surface area contributed by atoms with Crippen LogP contribution in [0.15, 0.2) is 12.1 Å². The Morgan fingerprint density at radius 2 is 1.97 bits per heavy atom. The topological polar surface area (TPSA) is 126 Å². The fourth-order valence-corrected chi connectivity index (χ4v) is 7.07. The first-order valence-electron chi connectivity index (χ1n) is 12.5. The van der Waals surface area contributed by atoms with E-state index >= 15 is 0 Å². The van der Waals surface area contributed by atoms with Crippen molar-refractivity contribution in [2.45, 2.75) is 76.6 Å². The lowest BCUT2D eigenvalue weighted by molar-refractivity contribution is 0.109. The second-order valence-electron chi connectivity index (χ2n) is 9.76. The first-order valence-corrected chi connectivity index (χ1v) is 14.1. The molecule has 3 aliphatic rings. The second kappa shape index (κ2) is 9.90. The molecule has 2 bridgehead atoms. The Morgan fingerprint density at radius 3 is 2.60 bits per heavy atom. The average molecular weight is 506 g/mol. The number of aryl methyl sites for hydroxylation is 1. The molecule has 2 aromatic heterocycles. The fourth-order valence-electron chi connectivity index (χ4n) is 5.48. The van der Waals surface area contributed by atoms with Crippen molar-refractivity contribution in [3.05, 3.63) is 17.8 Å². The molecule has 12 heteroatoms. The van der Waals surface area contributed by atoms with Gasteiger partial charge in [0.15, 0.2) is 5.82 Å². The number of fused-ring (bicyclic) bond motifs is 2. The summed E-state index contributed by atoms with van der Waals surface area (Å²) in [6.07, 6.45) is 5.18. The number of sulfonamides is 1. The number of aromatic nitrogens is 4. The van der Waals surface area contributed by atoms with Crippen molar-refractivity contribution in [1.29, 1.82) is 0 Å². The molecule has 3 aliphatic heterocycles. The van der Waals surface area contributed by atoms with Gasteiger partial charge in [-0.3, -0.25) is 5.10 Å². The van der Waals surface area contributed by atoms with E-state index in [4.69, 9.17) is 19.4 Å². The Labute approximate surface area is 206 Å². The lowest BCUT2D eigenvalue weighted by Crippen LogP contribution is -2.58. The van der Waals surface area contributed by atoms with Gasteiger partial charge in [-0.05, 0) is 39.5 Å². The molecule has 3 saturated heterocycles. The zero-order chi connectivity index (χ0) is 24.6. The van der Waals surface area contributed by atoms with E-state index < -0.39 is 10.0 Å². The summed E-state index contributed by atoms with van der Waals surface area (Å²) in [6, 6.07) is 3.88. The van der Waals surface area contributed by atoms with E-state index in [9.17, 15) is 8.42 Å². The van der Waals surface area contributed by atoms with Gasteiger partial charge in [-0.15, -0.1) is 0 Å². The van der Waals surface area contributed by atoms with Gasteiger partial charge in [0, 0.05) is 49.4 Å². The second-order valence-corrected chi connectivity index (χ2v) is 11.9. The number of nitrogens with one attached hydrogen (secondary N) is 2. The van der Waals surface area contributed by atoms with E-state index in [0.717, 1.165) is 44.2 Å². The monoisotopic (exact) mass is 505 g/mol. The average Bonchev–Trinajstić information content (AvgIpc) is 3.49.